The standard InChI is InChI=1S/C25H26N2O6/c1-2-7-21(23(28)26-20-12-13-32-22(20)24(29)30)27-25(31)33-14-19-17-10-5-3-8-15(17)16-9-4-6-11-18(16)19/h2-6,8-11,19-22H,1,7,12-14H2,(H,26,28)(H,27,31)(H,29,30). The van der Waals surface area contributed by atoms with Gasteiger partial charge in [0, 0.05) is 12.5 Å². The van der Waals surface area contributed by atoms with E-state index in [2.05, 4.69) is 29.3 Å². The van der Waals surface area contributed by atoms with Crippen molar-refractivity contribution in [2.24, 2.45) is 0 Å². The first-order valence-electron chi connectivity index (χ1n) is 10.9. The van der Waals surface area contributed by atoms with Gasteiger partial charge in [-0.1, -0.05) is 54.6 Å². The van der Waals surface area contributed by atoms with Gasteiger partial charge >= 0.3 is 12.1 Å². The van der Waals surface area contributed by atoms with E-state index in [4.69, 9.17) is 9.47 Å². The number of ether oxygens (including phenoxy) is 2. The van der Waals surface area contributed by atoms with Crippen LogP contribution in [0.4, 0.5) is 4.79 Å². The van der Waals surface area contributed by atoms with Gasteiger partial charge in [-0.2, -0.15) is 0 Å². The van der Waals surface area contributed by atoms with Crippen molar-refractivity contribution in [3.05, 3.63) is 72.3 Å². The molecule has 3 N–H and O–H groups in total. The first-order chi connectivity index (χ1) is 16.0. The molecule has 0 spiro atoms. The second kappa shape index (κ2) is 9.87. The molecule has 0 radical (unpaired) electrons. The molecule has 8 nitrogen and oxygen atoms in total. The third-order valence-corrected chi connectivity index (χ3v) is 6.02. The molecule has 3 atom stereocenters. The fourth-order valence-electron chi connectivity index (χ4n) is 4.44. The van der Waals surface area contributed by atoms with Crippen LogP contribution in [0.2, 0.25) is 0 Å². The number of nitrogens with one attached hydrogen (secondary N) is 2. The third-order valence-electron chi connectivity index (χ3n) is 6.02. The summed E-state index contributed by atoms with van der Waals surface area (Å²) in [5.41, 5.74) is 4.43. The monoisotopic (exact) mass is 450 g/mol. The number of hydrogen-bond donors (Lipinski definition) is 3. The second-order valence-corrected chi connectivity index (χ2v) is 8.08. The molecule has 0 saturated carbocycles. The van der Waals surface area contributed by atoms with Crippen LogP contribution in [-0.2, 0) is 19.1 Å². The lowest BCUT2D eigenvalue weighted by molar-refractivity contribution is -0.148. The van der Waals surface area contributed by atoms with Gasteiger partial charge < -0.3 is 25.2 Å². The van der Waals surface area contributed by atoms with Gasteiger partial charge in [0.05, 0.1) is 6.04 Å². The number of amides is 2. The highest BCUT2D eigenvalue weighted by Crippen LogP contribution is 2.44. The summed E-state index contributed by atoms with van der Waals surface area (Å²) in [6.45, 7) is 4.00. The molecule has 3 unspecified atom stereocenters. The van der Waals surface area contributed by atoms with Crippen LogP contribution in [0.3, 0.4) is 0 Å². The molecule has 2 aliphatic rings. The normalized spacial score (nSPS) is 19.8. The Morgan fingerprint density at radius 1 is 1.12 bits per heavy atom. The smallest absolute Gasteiger partial charge is 0.407 e. The summed E-state index contributed by atoms with van der Waals surface area (Å²) < 4.78 is 10.7. The summed E-state index contributed by atoms with van der Waals surface area (Å²) >= 11 is 0. The molecule has 1 aliphatic carbocycles. The second-order valence-electron chi connectivity index (χ2n) is 8.08. The molecule has 33 heavy (non-hydrogen) atoms. The Morgan fingerprint density at radius 2 is 1.76 bits per heavy atom. The SMILES string of the molecule is C=CCC(NC(=O)OCC1c2ccccc2-c2ccccc21)C(=O)NC1CCOC1C(=O)O. The van der Waals surface area contributed by atoms with Crippen LogP contribution in [0, 0.1) is 0 Å². The van der Waals surface area contributed by atoms with E-state index in [0.29, 0.717) is 6.42 Å². The summed E-state index contributed by atoms with van der Waals surface area (Å²) in [4.78, 5) is 36.5. The van der Waals surface area contributed by atoms with Crippen molar-refractivity contribution in [2.75, 3.05) is 13.2 Å². The van der Waals surface area contributed by atoms with Gasteiger partial charge in [-0.25, -0.2) is 9.59 Å². The number of rotatable bonds is 8. The van der Waals surface area contributed by atoms with Gasteiger partial charge in [-0.15, -0.1) is 6.58 Å². The Morgan fingerprint density at radius 3 is 2.36 bits per heavy atom. The van der Waals surface area contributed by atoms with Gasteiger partial charge in [0.25, 0.3) is 0 Å². The lowest BCUT2D eigenvalue weighted by atomic mass is 9.98. The highest BCUT2D eigenvalue weighted by Gasteiger charge is 2.36. The van der Waals surface area contributed by atoms with E-state index in [1.54, 1.807) is 0 Å². The Bertz CT molecular complexity index is 1020. The Labute approximate surface area is 191 Å². The van der Waals surface area contributed by atoms with Crippen LogP contribution >= 0.6 is 0 Å². The van der Waals surface area contributed by atoms with Crippen molar-refractivity contribution in [3.63, 3.8) is 0 Å². The maximum Gasteiger partial charge on any atom is 0.407 e. The average Bonchev–Trinajstić information content (AvgIpc) is 3.40. The number of alkyl carbamates (subject to hydrolysis) is 1. The number of benzene rings is 2. The van der Waals surface area contributed by atoms with E-state index < -0.39 is 36.2 Å². The number of carbonyl (C=O) groups excluding carboxylic acids is 2. The zero-order valence-corrected chi connectivity index (χ0v) is 18.0. The molecule has 2 amide bonds. The third kappa shape index (κ3) is 4.75. The molecule has 0 bridgehead atoms. The number of carbonyl (C=O) groups is 3. The van der Waals surface area contributed by atoms with Gasteiger partial charge in [-0.05, 0) is 35.1 Å². The number of hydrogen-bond acceptors (Lipinski definition) is 5. The predicted octanol–water partition coefficient (Wildman–Crippen LogP) is 2.83. The number of carboxylic acid groups (broad SMARTS) is 1. The van der Waals surface area contributed by atoms with Gasteiger partial charge in [0.15, 0.2) is 6.10 Å². The van der Waals surface area contributed by atoms with Crippen molar-refractivity contribution < 1.29 is 29.0 Å². The van der Waals surface area contributed by atoms with Crippen LogP contribution in [0.1, 0.15) is 29.9 Å². The minimum absolute atomic E-state index is 0.0956. The molecule has 8 heteroatoms. The molecule has 2 aromatic rings. The fourth-order valence-corrected chi connectivity index (χ4v) is 4.44. The summed E-state index contributed by atoms with van der Waals surface area (Å²) in [7, 11) is 0. The number of fused-ring (bicyclic) bond motifs is 3. The van der Waals surface area contributed by atoms with Gasteiger partial charge in [0.2, 0.25) is 5.91 Å². The van der Waals surface area contributed by atoms with Crippen molar-refractivity contribution in [3.8, 4) is 11.1 Å². The van der Waals surface area contributed by atoms with Crippen LogP contribution in [0.5, 0.6) is 0 Å². The topological polar surface area (TPSA) is 114 Å². The summed E-state index contributed by atoms with van der Waals surface area (Å²) in [6.07, 6.45) is 0.230. The van der Waals surface area contributed by atoms with Crippen molar-refractivity contribution in [1.29, 1.82) is 0 Å². The first kappa shape index (κ1) is 22.5. The Hall–Kier alpha value is -3.65. The minimum atomic E-state index is -1.14. The molecule has 1 heterocycles. The molecule has 1 saturated heterocycles. The largest absolute Gasteiger partial charge is 0.479 e. The quantitative estimate of drug-likeness (QED) is 0.533. The summed E-state index contributed by atoms with van der Waals surface area (Å²) in [5.74, 6) is -1.74. The van der Waals surface area contributed by atoms with E-state index in [1.165, 1.54) is 6.08 Å². The lowest BCUT2D eigenvalue weighted by Crippen LogP contribution is -2.52. The molecular weight excluding hydrogens is 424 g/mol. The Kier molecular flexibility index (Phi) is 6.74. The summed E-state index contributed by atoms with van der Waals surface area (Å²) in [6, 6.07) is 14.4. The number of aliphatic carboxylic acids is 1. The fraction of sp³-hybridized carbons (Fsp3) is 0.320. The van der Waals surface area contributed by atoms with E-state index in [0.717, 1.165) is 22.3 Å². The van der Waals surface area contributed by atoms with Crippen molar-refractivity contribution in [1.82, 2.24) is 10.6 Å². The average molecular weight is 450 g/mol. The number of carboxylic acids is 1. The zero-order chi connectivity index (χ0) is 23.4. The first-order valence-corrected chi connectivity index (χ1v) is 10.9. The van der Waals surface area contributed by atoms with Crippen LogP contribution in [0.25, 0.3) is 11.1 Å². The molecule has 1 aliphatic heterocycles. The van der Waals surface area contributed by atoms with Crippen molar-refractivity contribution >= 4 is 18.0 Å². The summed E-state index contributed by atoms with van der Waals surface area (Å²) in [5, 5.41) is 14.5. The highest BCUT2D eigenvalue weighted by atomic mass is 16.5. The van der Waals surface area contributed by atoms with Crippen LogP contribution in [0.15, 0.2) is 61.2 Å². The highest BCUT2D eigenvalue weighted by molar-refractivity contribution is 5.87. The molecule has 1 fully saturated rings. The van der Waals surface area contributed by atoms with Crippen LogP contribution in [-0.4, -0.2) is 54.5 Å². The molecule has 4 rings (SSSR count). The predicted molar refractivity (Wildman–Crippen MR) is 121 cm³/mol. The Balaban J connectivity index is 1.38. The molecule has 0 aromatic heterocycles. The maximum absolute atomic E-state index is 12.7. The lowest BCUT2D eigenvalue weighted by Gasteiger charge is -2.22. The van der Waals surface area contributed by atoms with Crippen LogP contribution < -0.4 is 10.6 Å². The van der Waals surface area contributed by atoms with Gasteiger partial charge in [0.1, 0.15) is 12.6 Å². The van der Waals surface area contributed by atoms with Gasteiger partial charge in [-0.3, -0.25) is 4.79 Å². The minimum Gasteiger partial charge on any atom is -0.479 e. The molecule has 2 aromatic carbocycles. The van der Waals surface area contributed by atoms with Crippen molar-refractivity contribution in [2.45, 2.75) is 36.9 Å². The van der Waals surface area contributed by atoms with E-state index >= 15 is 0 Å². The molecular formula is C25H26N2O6. The van der Waals surface area contributed by atoms with E-state index in [1.807, 2.05) is 36.4 Å². The molecule has 172 valence electrons. The van der Waals surface area contributed by atoms with E-state index in [-0.39, 0.29) is 25.6 Å². The zero-order valence-electron chi connectivity index (χ0n) is 18.0. The van der Waals surface area contributed by atoms with E-state index in [9.17, 15) is 19.5 Å². The maximum atomic E-state index is 12.7.